The smallest absolute Gasteiger partial charge is 0.251 e. The van der Waals surface area contributed by atoms with Gasteiger partial charge in [-0.1, -0.05) is 23.2 Å². The van der Waals surface area contributed by atoms with Crippen molar-refractivity contribution >= 4 is 28.9 Å². The summed E-state index contributed by atoms with van der Waals surface area (Å²) in [6.07, 6.45) is 2.84. The summed E-state index contributed by atoms with van der Waals surface area (Å²) in [5.74, 6) is 6.01. The molecule has 0 saturated carbocycles. The molecule has 25 heavy (non-hydrogen) atoms. The summed E-state index contributed by atoms with van der Waals surface area (Å²) in [7, 11) is 0. The van der Waals surface area contributed by atoms with Crippen LogP contribution in [0, 0.1) is 0 Å². The first kappa shape index (κ1) is 17.8. The Morgan fingerprint density at radius 1 is 1.40 bits per heavy atom. The average molecular weight is 381 g/mol. The number of halogens is 2. The van der Waals surface area contributed by atoms with E-state index in [4.69, 9.17) is 34.8 Å². The van der Waals surface area contributed by atoms with Crippen molar-refractivity contribution in [3.8, 4) is 11.1 Å². The largest absolute Gasteiger partial charge is 0.394 e. The molecule has 0 radical (unpaired) electrons. The molecule has 0 spiro atoms. The van der Waals surface area contributed by atoms with Crippen molar-refractivity contribution in [2.24, 2.45) is 11.6 Å². The van der Waals surface area contributed by atoms with E-state index in [0.29, 0.717) is 21.8 Å². The number of aliphatic hydroxyl groups is 1. The van der Waals surface area contributed by atoms with Crippen molar-refractivity contribution in [3.05, 3.63) is 62.8 Å². The van der Waals surface area contributed by atoms with Crippen LogP contribution in [-0.4, -0.2) is 16.3 Å². The van der Waals surface area contributed by atoms with Gasteiger partial charge in [0, 0.05) is 22.3 Å². The van der Waals surface area contributed by atoms with E-state index >= 15 is 0 Å². The van der Waals surface area contributed by atoms with Crippen LogP contribution in [0.5, 0.6) is 0 Å². The minimum Gasteiger partial charge on any atom is -0.394 e. The topological polar surface area (TPSA) is 97.5 Å². The molecule has 5 N–H and O–H groups in total. The van der Waals surface area contributed by atoms with E-state index in [1.165, 1.54) is 17.3 Å². The SMILES string of the molecule is N/C(Cl)=C\N(N)c1ccc(Cl)cc1-c1cc2n(c(=O)c1)C(CO)CC2. The number of aliphatic hydroxyl groups excluding tert-OH is 1. The summed E-state index contributed by atoms with van der Waals surface area (Å²) in [6, 6.07) is 8.44. The summed E-state index contributed by atoms with van der Waals surface area (Å²) in [4.78, 5) is 12.5. The number of aromatic nitrogens is 1. The third kappa shape index (κ3) is 3.52. The molecule has 0 aliphatic carbocycles. The lowest BCUT2D eigenvalue weighted by atomic mass is 10.0. The maximum atomic E-state index is 12.5. The molecule has 3 rings (SSSR count). The number of benzene rings is 1. The Morgan fingerprint density at radius 2 is 2.16 bits per heavy atom. The molecule has 1 aliphatic heterocycles. The Kier molecular flexibility index (Phi) is 5.06. The third-order valence-corrected chi connectivity index (χ3v) is 4.60. The molecule has 2 heterocycles. The molecule has 0 bridgehead atoms. The quantitative estimate of drug-likeness (QED) is 0.429. The van der Waals surface area contributed by atoms with Gasteiger partial charge < -0.3 is 15.4 Å². The van der Waals surface area contributed by atoms with Gasteiger partial charge in [0.05, 0.1) is 24.5 Å². The zero-order valence-electron chi connectivity index (χ0n) is 13.3. The molecule has 1 aliphatic rings. The second-order valence-corrected chi connectivity index (χ2v) is 6.77. The van der Waals surface area contributed by atoms with Crippen LogP contribution in [0.4, 0.5) is 5.69 Å². The van der Waals surface area contributed by atoms with Crippen molar-refractivity contribution in [2.75, 3.05) is 11.6 Å². The van der Waals surface area contributed by atoms with Gasteiger partial charge in [-0.3, -0.25) is 9.80 Å². The summed E-state index contributed by atoms with van der Waals surface area (Å²) >= 11 is 11.8. The molecule has 8 heteroatoms. The van der Waals surface area contributed by atoms with Crippen LogP contribution in [-0.2, 0) is 6.42 Å². The third-order valence-electron chi connectivity index (χ3n) is 4.27. The predicted molar refractivity (Wildman–Crippen MR) is 100 cm³/mol. The first-order valence-corrected chi connectivity index (χ1v) is 8.49. The summed E-state index contributed by atoms with van der Waals surface area (Å²) in [5, 5.41) is 11.3. The summed E-state index contributed by atoms with van der Waals surface area (Å²) < 4.78 is 1.64. The van der Waals surface area contributed by atoms with Crippen molar-refractivity contribution in [3.63, 3.8) is 0 Å². The van der Waals surface area contributed by atoms with Crippen molar-refractivity contribution < 1.29 is 5.11 Å². The predicted octanol–water partition coefficient (Wildman–Crippen LogP) is 2.32. The maximum Gasteiger partial charge on any atom is 0.251 e. The van der Waals surface area contributed by atoms with E-state index in [1.54, 1.807) is 22.8 Å². The monoisotopic (exact) mass is 380 g/mol. The molecule has 132 valence electrons. The van der Waals surface area contributed by atoms with Gasteiger partial charge >= 0.3 is 0 Å². The molecule has 1 aromatic heterocycles. The highest BCUT2D eigenvalue weighted by Gasteiger charge is 2.23. The standard InChI is InChI=1S/C17H18Cl2N4O2/c18-11-1-4-15(22(21)8-16(19)20)14(7-11)10-5-12-2-3-13(9-24)23(12)17(25)6-10/h1,4-8,13,24H,2-3,9,20-21H2/b16-8-. The number of pyridine rings is 1. The first-order chi connectivity index (χ1) is 11.9. The Bertz CT molecular complexity index is 891. The first-order valence-electron chi connectivity index (χ1n) is 7.73. The number of aryl methyl sites for hydroxylation is 1. The van der Waals surface area contributed by atoms with Crippen molar-refractivity contribution in [1.82, 2.24) is 4.57 Å². The van der Waals surface area contributed by atoms with Crippen LogP contribution in [0.15, 0.2) is 46.5 Å². The Balaban J connectivity index is 2.15. The van der Waals surface area contributed by atoms with Crippen LogP contribution in [0.2, 0.25) is 5.02 Å². The lowest BCUT2D eigenvalue weighted by Crippen LogP contribution is -2.26. The lowest BCUT2D eigenvalue weighted by Gasteiger charge is -2.19. The van der Waals surface area contributed by atoms with Gasteiger partial charge in [0.1, 0.15) is 5.16 Å². The minimum absolute atomic E-state index is 0.0308. The highest BCUT2D eigenvalue weighted by Crippen LogP contribution is 2.34. The van der Waals surface area contributed by atoms with E-state index in [1.807, 2.05) is 6.07 Å². The van der Waals surface area contributed by atoms with Gasteiger partial charge in [0.15, 0.2) is 0 Å². The number of hydrogen-bond acceptors (Lipinski definition) is 5. The number of hydrogen-bond donors (Lipinski definition) is 3. The van der Waals surface area contributed by atoms with Crippen molar-refractivity contribution in [1.29, 1.82) is 0 Å². The highest BCUT2D eigenvalue weighted by molar-refractivity contribution is 6.31. The number of nitrogens with two attached hydrogens (primary N) is 2. The molecule has 0 saturated heterocycles. The molecule has 1 unspecified atom stereocenters. The fourth-order valence-corrected chi connectivity index (χ4v) is 3.46. The molecule has 1 aromatic carbocycles. The number of fused-ring (bicyclic) bond motifs is 1. The van der Waals surface area contributed by atoms with Crippen molar-refractivity contribution in [2.45, 2.75) is 18.9 Å². The maximum absolute atomic E-state index is 12.5. The number of nitrogens with zero attached hydrogens (tertiary/aromatic N) is 2. The molecule has 6 nitrogen and oxygen atoms in total. The van der Waals surface area contributed by atoms with Gasteiger partial charge in [-0.15, -0.1) is 0 Å². The highest BCUT2D eigenvalue weighted by atomic mass is 35.5. The minimum atomic E-state index is -0.166. The van der Waals surface area contributed by atoms with Gasteiger partial charge in [-0.2, -0.15) is 0 Å². The van der Waals surface area contributed by atoms with Crippen LogP contribution in [0.3, 0.4) is 0 Å². The molecular weight excluding hydrogens is 363 g/mol. The van der Waals surface area contributed by atoms with Crippen LogP contribution in [0.1, 0.15) is 18.2 Å². The van der Waals surface area contributed by atoms with Gasteiger partial charge in [-0.25, -0.2) is 5.84 Å². The average Bonchev–Trinajstić information content (AvgIpc) is 2.97. The van der Waals surface area contributed by atoms with Gasteiger partial charge in [-0.05, 0) is 42.7 Å². The second kappa shape index (κ2) is 7.09. The Labute approximate surface area is 154 Å². The molecule has 0 fully saturated rings. The number of rotatable bonds is 4. The zero-order chi connectivity index (χ0) is 18.1. The molecular formula is C17H18Cl2N4O2. The van der Waals surface area contributed by atoms with Crippen LogP contribution < -0.4 is 22.1 Å². The normalized spacial score (nSPS) is 16.8. The number of hydrazine groups is 1. The Morgan fingerprint density at radius 3 is 2.84 bits per heavy atom. The summed E-state index contributed by atoms with van der Waals surface area (Å²) in [5.41, 5.74) is 8.19. The van der Waals surface area contributed by atoms with E-state index in [2.05, 4.69) is 0 Å². The Hall–Kier alpha value is -1.99. The van der Waals surface area contributed by atoms with Crippen LogP contribution >= 0.6 is 23.2 Å². The summed E-state index contributed by atoms with van der Waals surface area (Å²) in [6.45, 7) is -0.0506. The molecule has 0 amide bonds. The van der Waals surface area contributed by atoms with E-state index in [0.717, 1.165) is 18.5 Å². The fourth-order valence-electron chi connectivity index (χ4n) is 3.18. The number of anilines is 1. The fraction of sp³-hybridized carbons (Fsp3) is 0.235. The molecule has 1 atom stereocenters. The van der Waals surface area contributed by atoms with E-state index in [-0.39, 0.29) is 23.4 Å². The van der Waals surface area contributed by atoms with Crippen LogP contribution in [0.25, 0.3) is 11.1 Å². The second-order valence-electron chi connectivity index (χ2n) is 5.90. The lowest BCUT2D eigenvalue weighted by molar-refractivity contribution is 0.231. The van der Waals surface area contributed by atoms with E-state index < -0.39 is 0 Å². The van der Waals surface area contributed by atoms with Gasteiger partial charge in [0.25, 0.3) is 5.56 Å². The van der Waals surface area contributed by atoms with Gasteiger partial charge in [0.2, 0.25) is 0 Å². The zero-order valence-corrected chi connectivity index (χ0v) is 14.8. The molecule has 2 aromatic rings. The van der Waals surface area contributed by atoms with E-state index in [9.17, 15) is 9.90 Å².